The van der Waals surface area contributed by atoms with E-state index in [9.17, 15) is 9.59 Å². The van der Waals surface area contributed by atoms with Crippen LogP contribution in [0.3, 0.4) is 0 Å². The van der Waals surface area contributed by atoms with E-state index in [0.717, 1.165) is 16.1 Å². The number of amides is 2. The summed E-state index contributed by atoms with van der Waals surface area (Å²) >= 11 is 1.66. The normalized spacial score (nSPS) is 23.2. The van der Waals surface area contributed by atoms with Gasteiger partial charge in [-0.3, -0.25) is 14.4 Å². The monoisotopic (exact) mass is 416 g/mol. The van der Waals surface area contributed by atoms with Gasteiger partial charge in [0.25, 0.3) is 5.91 Å². The highest BCUT2D eigenvalue weighted by Crippen LogP contribution is 2.47. The molecule has 2 fully saturated rings. The van der Waals surface area contributed by atoms with E-state index in [1.54, 1.807) is 29.0 Å². The number of carbonyl (C=O) groups is 2. The van der Waals surface area contributed by atoms with Crippen LogP contribution >= 0.6 is 11.8 Å². The van der Waals surface area contributed by atoms with Crippen molar-refractivity contribution in [1.82, 2.24) is 0 Å². The maximum atomic E-state index is 13.5. The first-order chi connectivity index (χ1) is 14.7. The van der Waals surface area contributed by atoms with Gasteiger partial charge in [0, 0.05) is 4.90 Å². The fraction of sp³-hybridized carbons (Fsp3) is 0.167. The number of rotatable bonds is 4. The lowest BCUT2D eigenvalue weighted by atomic mass is 9.90. The molecular weight excluding hydrogens is 396 g/mol. The van der Waals surface area contributed by atoms with E-state index >= 15 is 0 Å². The van der Waals surface area contributed by atoms with Crippen molar-refractivity contribution >= 4 is 35.0 Å². The summed E-state index contributed by atoms with van der Waals surface area (Å²) in [6.45, 7) is 0. The summed E-state index contributed by atoms with van der Waals surface area (Å²) in [5, 5.41) is 1.72. The Balaban J connectivity index is 1.58. The van der Waals surface area contributed by atoms with Gasteiger partial charge in [0.15, 0.2) is 6.10 Å². The quantitative estimate of drug-likeness (QED) is 0.464. The molecule has 2 amide bonds. The van der Waals surface area contributed by atoms with Gasteiger partial charge < -0.3 is 0 Å². The zero-order chi connectivity index (χ0) is 20.7. The van der Waals surface area contributed by atoms with E-state index in [2.05, 4.69) is 0 Å². The average Bonchev–Trinajstić information content (AvgIpc) is 3.31. The summed E-state index contributed by atoms with van der Waals surface area (Å²) in [6, 6.07) is 26.4. The Morgan fingerprint density at radius 1 is 0.767 bits per heavy atom. The molecule has 0 spiro atoms. The number of hydrogen-bond acceptors (Lipinski definition) is 5. The molecule has 2 saturated heterocycles. The van der Waals surface area contributed by atoms with Crippen LogP contribution in [0.25, 0.3) is 0 Å². The van der Waals surface area contributed by atoms with Crippen molar-refractivity contribution in [1.29, 1.82) is 0 Å². The zero-order valence-corrected chi connectivity index (χ0v) is 17.2. The Morgan fingerprint density at radius 3 is 1.97 bits per heavy atom. The number of imide groups is 1. The molecule has 150 valence electrons. The molecule has 5 rings (SSSR count). The Bertz CT molecular complexity index is 1070. The maximum absolute atomic E-state index is 13.5. The Hall–Kier alpha value is -3.09. The zero-order valence-electron chi connectivity index (χ0n) is 16.3. The third-order valence-electron chi connectivity index (χ3n) is 5.60. The summed E-state index contributed by atoms with van der Waals surface area (Å²) in [5.74, 6) is -1.16. The first-order valence-corrected chi connectivity index (χ1v) is 11.0. The molecule has 0 aromatic heterocycles. The molecule has 0 bridgehead atoms. The molecule has 2 aliphatic heterocycles. The number of para-hydroxylation sites is 2. The number of thioether (sulfide) groups is 1. The van der Waals surface area contributed by atoms with Crippen molar-refractivity contribution < 1.29 is 14.4 Å². The fourth-order valence-corrected chi connectivity index (χ4v) is 4.59. The van der Waals surface area contributed by atoms with Crippen LogP contribution in [-0.2, 0) is 14.4 Å². The SMILES string of the molecule is CSc1ccc([C@@H]2[C@@H]3C(=O)N(c4ccccc4)C(=O)[C@@H]3ON2c2ccccc2)cc1. The Labute approximate surface area is 179 Å². The van der Waals surface area contributed by atoms with Crippen LogP contribution in [0.5, 0.6) is 0 Å². The molecule has 3 aromatic carbocycles. The highest BCUT2D eigenvalue weighted by atomic mass is 32.2. The maximum Gasteiger partial charge on any atom is 0.266 e. The van der Waals surface area contributed by atoms with Crippen molar-refractivity contribution in [3.05, 3.63) is 90.5 Å². The van der Waals surface area contributed by atoms with Crippen LogP contribution in [0.15, 0.2) is 89.8 Å². The van der Waals surface area contributed by atoms with Crippen LogP contribution in [0.1, 0.15) is 11.6 Å². The molecule has 2 aliphatic rings. The molecule has 0 radical (unpaired) electrons. The molecular formula is C24H20N2O3S. The van der Waals surface area contributed by atoms with Crippen molar-refractivity contribution in [2.45, 2.75) is 17.0 Å². The van der Waals surface area contributed by atoms with Crippen LogP contribution in [0.4, 0.5) is 11.4 Å². The van der Waals surface area contributed by atoms with Gasteiger partial charge in [-0.05, 0) is 48.2 Å². The summed E-state index contributed by atoms with van der Waals surface area (Å²) < 4.78 is 0. The predicted molar refractivity (Wildman–Crippen MR) is 117 cm³/mol. The minimum Gasteiger partial charge on any atom is -0.273 e. The molecule has 0 aliphatic carbocycles. The summed E-state index contributed by atoms with van der Waals surface area (Å²) in [7, 11) is 0. The van der Waals surface area contributed by atoms with Gasteiger partial charge in [-0.2, -0.15) is 0 Å². The molecule has 0 unspecified atom stereocenters. The lowest BCUT2D eigenvalue weighted by Crippen LogP contribution is -2.37. The summed E-state index contributed by atoms with van der Waals surface area (Å²) in [6.07, 6.45) is 1.18. The summed E-state index contributed by atoms with van der Waals surface area (Å²) in [5.41, 5.74) is 2.34. The topological polar surface area (TPSA) is 49.9 Å². The van der Waals surface area contributed by atoms with E-state index in [4.69, 9.17) is 4.84 Å². The van der Waals surface area contributed by atoms with Crippen molar-refractivity contribution in [3.63, 3.8) is 0 Å². The van der Waals surface area contributed by atoms with Crippen molar-refractivity contribution in [2.75, 3.05) is 16.2 Å². The number of nitrogens with zero attached hydrogens (tertiary/aromatic N) is 2. The van der Waals surface area contributed by atoms with Gasteiger partial charge in [-0.15, -0.1) is 11.8 Å². The third-order valence-corrected chi connectivity index (χ3v) is 6.34. The van der Waals surface area contributed by atoms with E-state index in [-0.39, 0.29) is 11.8 Å². The highest BCUT2D eigenvalue weighted by molar-refractivity contribution is 7.98. The molecule has 0 N–H and O–H groups in total. The van der Waals surface area contributed by atoms with Crippen LogP contribution < -0.4 is 9.96 Å². The number of anilines is 2. The smallest absolute Gasteiger partial charge is 0.266 e. The van der Waals surface area contributed by atoms with E-state index in [0.29, 0.717) is 5.69 Å². The molecule has 5 nitrogen and oxygen atoms in total. The van der Waals surface area contributed by atoms with E-state index in [1.165, 1.54) is 4.90 Å². The average molecular weight is 417 g/mol. The van der Waals surface area contributed by atoms with Gasteiger partial charge in [0.05, 0.1) is 17.4 Å². The summed E-state index contributed by atoms with van der Waals surface area (Å²) in [4.78, 5) is 35.2. The molecule has 3 aromatic rings. The Morgan fingerprint density at radius 2 is 1.37 bits per heavy atom. The van der Waals surface area contributed by atoms with E-state index < -0.39 is 18.1 Å². The lowest BCUT2D eigenvalue weighted by molar-refractivity contribution is -0.126. The first kappa shape index (κ1) is 18.9. The molecule has 2 heterocycles. The molecule has 0 saturated carbocycles. The number of carbonyl (C=O) groups excluding carboxylic acids is 2. The number of hydroxylamine groups is 1. The van der Waals surface area contributed by atoms with Crippen LogP contribution in [0.2, 0.25) is 0 Å². The second-order valence-electron chi connectivity index (χ2n) is 7.28. The second-order valence-corrected chi connectivity index (χ2v) is 8.16. The predicted octanol–water partition coefficient (Wildman–Crippen LogP) is 4.46. The minimum absolute atomic E-state index is 0.228. The van der Waals surface area contributed by atoms with Gasteiger partial charge in [0.1, 0.15) is 5.92 Å². The molecule has 30 heavy (non-hydrogen) atoms. The van der Waals surface area contributed by atoms with Gasteiger partial charge in [0.2, 0.25) is 5.91 Å². The van der Waals surface area contributed by atoms with Gasteiger partial charge in [-0.1, -0.05) is 48.5 Å². The van der Waals surface area contributed by atoms with Crippen molar-refractivity contribution in [2.24, 2.45) is 5.92 Å². The van der Waals surface area contributed by atoms with Crippen molar-refractivity contribution in [3.8, 4) is 0 Å². The minimum atomic E-state index is -0.844. The fourth-order valence-electron chi connectivity index (χ4n) is 4.18. The highest BCUT2D eigenvalue weighted by Gasteiger charge is 2.60. The Kier molecular flexibility index (Phi) is 4.81. The van der Waals surface area contributed by atoms with Crippen LogP contribution in [-0.4, -0.2) is 24.2 Å². The van der Waals surface area contributed by atoms with Gasteiger partial charge in [-0.25, -0.2) is 9.96 Å². The number of benzene rings is 3. The second kappa shape index (κ2) is 7.63. The number of hydrogen-bond donors (Lipinski definition) is 0. The van der Waals surface area contributed by atoms with Gasteiger partial charge >= 0.3 is 0 Å². The molecule has 6 heteroatoms. The standard InChI is InChI=1S/C24H20N2O3S/c1-30-19-14-12-16(13-15-19)21-20-22(29-26(21)18-10-6-3-7-11-18)24(28)25(23(20)27)17-8-4-2-5-9-17/h2-15,20-22H,1H3/t20-,21+,22+/m0/s1. The van der Waals surface area contributed by atoms with E-state index in [1.807, 2.05) is 79.1 Å². The number of fused-ring (bicyclic) bond motifs is 1. The largest absolute Gasteiger partial charge is 0.273 e. The first-order valence-electron chi connectivity index (χ1n) is 9.77. The third kappa shape index (κ3) is 3.00. The lowest BCUT2D eigenvalue weighted by Gasteiger charge is -2.28. The molecule has 3 atom stereocenters. The van der Waals surface area contributed by atoms with Crippen LogP contribution in [0, 0.1) is 5.92 Å².